The van der Waals surface area contributed by atoms with E-state index in [-0.39, 0.29) is 5.56 Å². The van der Waals surface area contributed by atoms with Crippen LogP contribution < -0.4 is 15.6 Å². The van der Waals surface area contributed by atoms with E-state index in [4.69, 9.17) is 9.72 Å². The Morgan fingerprint density at radius 1 is 1.11 bits per heavy atom. The van der Waals surface area contributed by atoms with E-state index in [1.54, 1.807) is 10.9 Å². The molecule has 9 heteroatoms. The zero-order chi connectivity index (χ0) is 26.1. The summed E-state index contributed by atoms with van der Waals surface area (Å²) in [7, 11) is 4.16. The monoisotopic (exact) mass is 509 g/mol. The minimum Gasteiger partial charge on any atom is -0.494 e. The molecule has 0 unspecified atom stereocenters. The Labute approximate surface area is 220 Å². The molecule has 0 atom stereocenters. The van der Waals surface area contributed by atoms with Crippen LogP contribution in [-0.4, -0.2) is 56.0 Å². The smallest absolute Gasteiger partial charge is 0.278 e. The third kappa shape index (κ3) is 4.68. The van der Waals surface area contributed by atoms with Crippen LogP contribution in [0.1, 0.15) is 12.8 Å². The SMILES string of the molecule is CN(C)CCn1ccc2cc(Nc3ncc4c(=O)n5n(c4n3)-c3cccc(c3)OCCCC=CC5)ccc21. The average Bonchev–Trinajstić information content (AvgIpc) is 3.44. The van der Waals surface area contributed by atoms with Crippen molar-refractivity contribution in [1.29, 1.82) is 0 Å². The van der Waals surface area contributed by atoms with Gasteiger partial charge in [0.1, 0.15) is 11.1 Å². The summed E-state index contributed by atoms with van der Waals surface area (Å²) < 4.78 is 11.7. The molecule has 2 bridgehead atoms. The molecule has 0 fully saturated rings. The van der Waals surface area contributed by atoms with Crippen molar-refractivity contribution < 1.29 is 4.74 Å². The Bertz CT molecular complexity index is 1690. The van der Waals surface area contributed by atoms with Crippen molar-refractivity contribution in [2.24, 2.45) is 0 Å². The van der Waals surface area contributed by atoms with Gasteiger partial charge in [-0.2, -0.15) is 4.98 Å². The van der Waals surface area contributed by atoms with Crippen LogP contribution in [0.3, 0.4) is 0 Å². The third-order valence-electron chi connectivity index (χ3n) is 6.78. The van der Waals surface area contributed by atoms with Crippen molar-refractivity contribution in [2.75, 3.05) is 32.6 Å². The van der Waals surface area contributed by atoms with E-state index in [1.807, 2.05) is 41.1 Å². The molecular formula is C29H31N7O2. The van der Waals surface area contributed by atoms with E-state index in [1.165, 1.54) is 5.52 Å². The first-order chi connectivity index (χ1) is 18.6. The van der Waals surface area contributed by atoms with Gasteiger partial charge < -0.3 is 19.5 Å². The molecule has 4 heterocycles. The molecule has 9 nitrogen and oxygen atoms in total. The van der Waals surface area contributed by atoms with E-state index in [9.17, 15) is 4.79 Å². The highest BCUT2D eigenvalue weighted by Gasteiger charge is 2.18. The van der Waals surface area contributed by atoms with Gasteiger partial charge >= 0.3 is 0 Å². The molecule has 0 amide bonds. The quantitative estimate of drug-likeness (QED) is 0.350. The van der Waals surface area contributed by atoms with Gasteiger partial charge in [0.2, 0.25) is 5.95 Å². The van der Waals surface area contributed by atoms with Gasteiger partial charge in [-0.05, 0) is 63.3 Å². The molecule has 38 heavy (non-hydrogen) atoms. The van der Waals surface area contributed by atoms with E-state index < -0.39 is 0 Å². The lowest BCUT2D eigenvalue weighted by molar-refractivity contribution is 0.311. The topological polar surface area (TPSA) is 82.1 Å². The number of rotatable bonds is 5. The van der Waals surface area contributed by atoms with Gasteiger partial charge in [-0.25, -0.2) is 14.3 Å². The fraction of sp³-hybridized carbons (Fsp3) is 0.276. The lowest BCUT2D eigenvalue weighted by atomic mass is 10.2. The number of allylic oxidation sites excluding steroid dienone is 2. The second-order valence-electron chi connectivity index (χ2n) is 9.80. The van der Waals surface area contributed by atoms with Crippen molar-refractivity contribution in [1.82, 2.24) is 28.8 Å². The Morgan fingerprint density at radius 2 is 2.03 bits per heavy atom. The molecule has 6 rings (SSSR count). The zero-order valence-electron chi connectivity index (χ0n) is 21.7. The Balaban J connectivity index is 1.38. The summed E-state index contributed by atoms with van der Waals surface area (Å²) in [5.74, 6) is 1.20. The molecule has 1 aliphatic rings. The lowest BCUT2D eigenvalue weighted by Gasteiger charge is -2.14. The number of ether oxygens (including phenoxy) is 1. The second-order valence-corrected chi connectivity index (χ2v) is 9.80. The minimum atomic E-state index is -0.125. The number of hydrogen-bond acceptors (Lipinski definition) is 6. The van der Waals surface area contributed by atoms with Crippen molar-refractivity contribution in [3.05, 3.63) is 83.4 Å². The number of nitrogens with one attached hydrogen (secondary N) is 1. The molecule has 0 radical (unpaired) electrons. The van der Waals surface area contributed by atoms with Crippen molar-refractivity contribution >= 4 is 33.6 Å². The molecule has 5 aromatic rings. The second kappa shape index (κ2) is 10.2. The molecule has 0 saturated carbocycles. The number of nitrogens with zero attached hydrogens (tertiary/aromatic N) is 6. The number of fused-ring (bicyclic) bond motifs is 7. The fourth-order valence-corrected chi connectivity index (χ4v) is 4.81. The average molecular weight is 510 g/mol. The van der Waals surface area contributed by atoms with Crippen molar-refractivity contribution in [2.45, 2.75) is 25.9 Å². The Kier molecular flexibility index (Phi) is 6.43. The van der Waals surface area contributed by atoms with Gasteiger partial charge in [0.05, 0.1) is 18.8 Å². The first-order valence-corrected chi connectivity index (χ1v) is 12.9. The minimum absolute atomic E-state index is 0.125. The van der Waals surface area contributed by atoms with Crippen molar-refractivity contribution in [3.8, 4) is 11.4 Å². The summed E-state index contributed by atoms with van der Waals surface area (Å²) in [6.07, 6.45) is 9.66. The largest absolute Gasteiger partial charge is 0.494 e. The Hall–Kier alpha value is -4.37. The van der Waals surface area contributed by atoms with Crippen molar-refractivity contribution in [3.63, 3.8) is 0 Å². The molecule has 0 saturated heterocycles. The summed E-state index contributed by atoms with van der Waals surface area (Å²) in [6, 6.07) is 16.1. The molecule has 194 valence electrons. The van der Waals surface area contributed by atoms with E-state index in [2.05, 4.69) is 64.3 Å². The van der Waals surface area contributed by atoms with Crippen LogP contribution in [0.25, 0.3) is 27.6 Å². The van der Waals surface area contributed by atoms with E-state index >= 15 is 0 Å². The highest BCUT2D eigenvalue weighted by molar-refractivity contribution is 5.85. The van der Waals surface area contributed by atoms with Gasteiger partial charge in [0.25, 0.3) is 5.56 Å². The standard InChI is InChI=1S/C29H31N7O2/c1-33(2)15-16-34-14-12-21-18-22(10-11-26(21)34)31-29-30-20-25-27(32-29)36-23-8-7-9-24(19-23)38-17-6-4-3-5-13-35(36)28(25)37/h3,5,7-12,14,18-20H,4,6,13,15-17H2,1-2H3,(H,30,31,32). The fourth-order valence-electron chi connectivity index (χ4n) is 4.81. The zero-order valence-corrected chi connectivity index (χ0v) is 21.7. The highest BCUT2D eigenvalue weighted by atomic mass is 16.5. The maximum atomic E-state index is 13.4. The van der Waals surface area contributed by atoms with E-state index in [0.717, 1.165) is 48.4 Å². The highest BCUT2D eigenvalue weighted by Crippen LogP contribution is 2.25. The van der Waals surface area contributed by atoms with Crippen LogP contribution in [0.4, 0.5) is 11.6 Å². The predicted octanol–water partition coefficient (Wildman–Crippen LogP) is 4.57. The van der Waals surface area contributed by atoms with Crippen LogP contribution in [0.5, 0.6) is 5.75 Å². The first-order valence-electron chi connectivity index (χ1n) is 12.9. The molecular weight excluding hydrogens is 478 g/mol. The first kappa shape index (κ1) is 24.0. The lowest BCUT2D eigenvalue weighted by Crippen LogP contribution is -2.21. The summed E-state index contributed by atoms with van der Waals surface area (Å²) in [6.45, 7) is 3.00. The van der Waals surface area contributed by atoms with Gasteiger partial charge in [0, 0.05) is 48.1 Å². The molecule has 0 aliphatic carbocycles. The van der Waals surface area contributed by atoms with Gasteiger partial charge in [-0.1, -0.05) is 18.2 Å². The number of anilines is 2. The number of benzene rings is 2. The number of likely N-dealkylation sites (N-methyl/N-ethyl adjacent to an activating group) is 1. The van der Waals surface area contributed by atoms with Crippen LogP contribution in [0.2, 0.25) is 0 Å². The van der Waals surface area contributed by atoms with Crippen LogP contribution >= 0.6 is 0 Å². The molecule has 1 aliphatic heterocycles. The predicted molar refractivity (Wildman–Crippen MR) is 151 cm³/mol. The number of hydrogen-bond donors (Lipinski definition) is 1. The van der Waals surface area contributed by atoms with Gasteiger partial charge in [-0.15, -0.1) is 0 Å². The third-order valence-corrected chi connectivity index (χ3v) is 6.78. The molecule has 2 aromatic carbocycles. The maximum Gasteiger partial charge on any atom is 0.278 e. The summed E-state index contributed by atoms with van der Waals surface area (Å²) >= 11 is 0. The van der Waals surface area contributed by atoms with E-state index in [0.29, 0.717) is 30.1 Å². The summed E-state index contributed by atoms with van der Waals surface area (Å²) in [4.78, 5) is 24.8. The van der Waals surface area contributed by atoms with Gasteiger partial charge in [-0.3, -0.25) is 4.79 Å². The van der Waals surface area contributed by atoms with Gasteiger partial charge in [0.15, 0.2) is 5.65 Å². The summed E-state index contributed by atoms with van der Waals surface area (Å²) in [5, 5.41) is 4.95. The summed E-state index contributed by atoms with van der Waals surface area (Å²) in [5.41, 5.74) is 3.30. The van der Waals surface area contributed by atoms with Crippen LogP contribution in [-0.2, 0) is 13.1 Å². The Morgan fingerprint density at radius 3 is 2.92 bits per heavy atom. The normalized spacial score (nSPS) is 13.8. The molecule has 1 N–H and O–H groups in total. The van der Waals surface area contributed by atoms with Crippen LogP contribution in [0.15, 0.2) is 77.9 Å². The maximum absolute atomic E-state index is 13.4. The number of aromatic nitrogens is 5. The molecule has 3 aromatic heterocycles. The van der Waals surface area contributed by atoms with Crippen LogP contribution in [0, 0.1) is 0 Å². The molecule has 0 spiro atoms.